The lowest BCUT2D eigenvalue weighted by atomic mass is 9.71. The minimum absolute atomic E-state index is 0.270. The molecule has 0 aromatic carbocycles. The largest absolute Gasteiger partial charge is 0.299 e. The van der Waals surface area contributed by atoms with Crippen molar-refractivity contribution < 1.29 is 4.79 Å². The smallest absolute Gasteiger partial charge is 0.143 e. The van der Waals surface area contributed by atoms with Gasteiger partial charge in [0.15, 0.2) is 0 Å². The van der Waals surface area contributed by atoms with E-state index >= 15 is 0 Å². The lowest BCUT2D eigenvalue weighted by molar-refractivity contribution is -0.125. The molecule has 0 unspecified atom stereocenters. The van der Waals surface area contributed by atoms with Gasteiger partial charge in [0.1, 0.15) is 5.78 Å². The topological polar surface area (TPSA) is 17.1 Å². The predicted octanol–water partition coefficient (Wildman–Crippen LogP) is 3.66. The molecule has 14 heavy (non-hydrogen) atoms. The van der Waals surface area contributed by atoms with Crippen molar-refractivity contribution >= 4 is 5.78 Å². The van der Waals surface area contributed by atoms with Gasteiger partial charge in [-0.2, -0.15) is 0 Å². The number of ketones is 1. The zero-order valence-corrected chi connectivity index (χ0v) is 9.68. The second-order valence-corrected chi connectivity index (χ2v) is 4.55. The van der Waals surface area contributed by atoms with Crippen LogP contribution in [0.2, 0.25) is 0 Å². The van der Waals surface area contributed by atoms with Gasteiger partial charge in [-0.1, -0.05) is 24.6 Å². The molecule has 1 aliphatic carbocycles. The van der Waals surface area contributed by atoms with Crippen LogP contribution in [0.3, 0.4) is 0 Å². The zero-order chi connectivity index (χ0) is 10.8. The van der Waals surface area contributed by atoms with E-state index in [1.165, 1.54) is 11.1 Å². The molecular formula is C13H20O. The lowest BCUT2D eigenvalue weighted by Gasteiger charge is -2.31. The van der Waals surface area contributed by atoms with Gasteiger partial charge in [-0.25, -0.2) is 0 Å². The summed E-state index contributed by atoms with van der Waals surface area (Å²) in [4.78, 5) is 11.8. The molecule has 0 saturated carbocycles. The van der Waals surface area contributed by atoms with Crippen LogP contribution >= 0.6 is 0 Å². The van der Waals surface area contributed by atoms with E-state index in [0.717, 1.165) is 12.8 Å². The van der Waals surface area contributed by atoms with Crippen LogP contribution in [0.4, 0.5) is 0 Å². The van der Waals surface area contributed by atoms with Crippen molar-refractivity contribution in [2.45, 2.75) is 47.0 Å². The normalized spacial score (nSPS) is 22.1. The highest BCUT2D eigenvalue weighted by molar-refractivity contribution is 5.89. The summed E-state index contributed by atoms with van der Waals surface area (Å²) in [7, 11) is 0. The number of carbonyl (C=O) groups is 1. The predicted molar refractivity (Wildman–Crippen MR) is 60.2 cm³/mol. The van der Waals surface area contributed by atoms with Crippen LogP contribution in [0.15, 0.2) is 23.3 Å². The maximum absolute atomic E-state index is 11.8. The Morgan fingerprint density at radius 1 is 1.36 bits per heavy atom. The molecular weight excluding hydrogens is 172 g/mol. The quantitative estimate of drug-likeness (QED) is 0.652. The molecule has 1 rings (SSSR count). The second-order valence-electron chi connectivity index (χ2n) is 4.55. The van der Waals surface area contributed by atoms with E-state index in [2.05, 4.69) is 26.0 Å². The average molecular weight is 192 g/mol. The van der Waals surface area contributed by atoms with Crippen molar-refractivity contribution in [3.63, 3.8) is 0 Å². The first-order valence-electron chi connectivity index (χ1n) is 5.40. The molecule has 0 aromatic heterocycles. The summed E-state index contributed by atoms with van der Waals surface area (Å²) in [6.45, 7) is 8.33. The van der Waals surface area contributed by atoms with Crippen LogP contribution in [-0.2, 0) is 4.79 Å². The summed E-state index contributed by atoms with van der Waals surface area (Å²) >= 11 is 0. The zero-order valence-electron chi connectivity index (χ0n) is 9.68. The molecule has 0 N–H and O–H groups in total. The Hall–Kier alpha value is -0.850. The summed E-state index contributed by atoms with van der Waals surface area (Å²) in [5.41, 5.74) is 2.34. The first kappa shape index (κ1) is 11.2. The number of Topliss-reactive ketones (excluding diaryl/α,β-unsaturated/α-hetero) is 1. The standard InChI is InChI=1S/C13H20O/c1-5-6-7-11-10(2)8-9-12(14)13(11,3)4/h6-7H,5,8-9H2,1-4H3/b7-6+. The van der Waals surface area contributed by atoms with Crippen molar-refractivity contribution in [3.8, 4) is 0 Å². The molecule has 0 aromatic rings. The minimum atomic E-state index is -0.270. The van der Waals surface area contributed by atoms with Gasteiger partial charge in [0.05, 0.1) is 0 Å². The van der Waals surface area contributed by atoms with Crippen molar-refractivity contribution in [1.29, 1.82) is 0 Å². The van der Waals surface area contributed by atoms with E-state index in [4.69, 9.17) is 0 Å². The highest BCUT2D eigenvalue weighted by atomic mass is 16.1. The summed E-state index contributed by atoms with van der Waals surface area (Å²) in [6, 6.07) is 0. The van der Waals surface area contributed by atoms with Gasteiger partial charge in [-0.05, 0) is 39.2 Å². The van der Waals surface area contributed by atoms with Crippen molar-refractivity contribution in [3.05, 3.63) is 23.3 Å². The van der Waals surface area contributed by atoms with Crippen LogP contribution in [0.1, 0.15) is 47.0 Å². The van der Waals surface area contributed by atoms with E-state index in [0.29, 0.717) is 12.2 Å². The molecule has 0 bridgehead atoms. The van der Waals surface area contributed by atoms with E-state index < -0.39 is 0 Å². The Bertz CT molecular complexity index is 292. The molecule has 0 atom stereocenters. The van der Waals surface area contributed by atoms with Gasteiger partial charge in [-0.3, -0.25) is 4.79 Å². The third-order valence-electron chi connectivity index (χ3n) is 3.08. The van der Waals surface area contributed by atoms with Crippen LogP contribution in [0, 0.1) is 5.41 Å². The van der Waals surface area contributed by atoms with Crippen LogP contribution < -0.4 is 0 Å². The first-order valence-corrected chi connectivity index (χ1v) is 5.40. The minimum Gasteiger partial charge on any atom is -0.299 e. The van der Waals surface area contributed by atoms with E-state index in [1.807, 2.05) is 13.8 Å². The van der Waals surface area contributed by atoms with Gasteiger partial charge in [0.2, 0.25) is 0 Å². The summed E-state index contributed by atoms with van der Waals surface area (Å²) < 4.78 is 0. The Morgan fingerprint density at radius 2 is 2.00 bits per heavy atom. The molecule has 0 spiro atoms. The number of allylic oxidation sites excluding steroid dienone is 4. The summed E-state index contributed by atoms with van der Waals surface area (Å²) in [5.74, 6) is 0.374. The molecule has 0 amide bonds. The first-order chi connectivity index (χ1) is 6.50. The Kier molecular flexibility index (Phi) is 3.30. The Morgan fingerprint density at radius 3 is 2.57 bits per heavy atom. The highest BCUT2D eigenvalue weighted by Gasteiger charge is 2.34. The fourth-order valence-electron chi connectivity index (χ4n) is 2.02. The summed E-state index contributed by atoms with van der Waals surface area (Å²) in [5, 5.41) is 0. The SMILES string of the molecule is CC/C=C/C1=C(C)CCC(=O)C1(C)C. The molecule has 0 heterocycles. The monoisotopic (exact) mass is 192 g/mol. The number of hydrogen-bond donors (Lipinski definition) is 0. The molecule has 0 aliphatic heterocycles. The molecule has 0 saturated heterocycles. The maximum Gasteiger partial charge on any atom is 0.143 e. The summed E-state index contributed by atoms with van der Waals surface area (Å²) in [6.07, 6.45) is 6.95. The third kappa shape index (κ3) is 1.97. The molecule has 78 valence electrons. The van der Waals surface area contributed by atoms with E-state index in [1.54, 1.807) is 0 Å². The van der Waals surface area contributed by atoms with Gasteiger partial charge >= 0.3 is 0 Å². The Balaban J connectivity index is 3.07. The van der Waals surface area contributed by atoms with Crippen LogP contribution in [0.25, 0.3) is 0 Å². The number of hydrogen-bond acceptors (Lipinski definition) is 1. The van der Waals surface area contributed by atoms with Crippen molar-refractivity contribution in [2.24, 2.45) is 5.41 Å². The van der Waals surface area contributed by atoms with Crippen molar-refractivity contribution in [1.82, 2.24) is 0 Å². The lowest BCUT2D eigenvalue weighted by Crippen LogP contribution is -2.30. The van der Waals surface area contributed by atoms with Gasteiger partial charge in [-0.15, -0.1) is 0 Å². The van der Waals surface area contributed by atoms with Gasteiger partial charge < -0.3 is 0 Å². The number of rotatable bonds is 2. The van der Waals surface area contributed by atoms with Crippen molar-refractivity contribution in [2.75, 3.05) is 0 Å². The molecule has 0 radical (unpaired) electrons. The maximum atomic E-state index is 11.8. The van der Waals surface area contributed by atoms with Crippen LogP contribution in [0.5, 0.6) is 0 Å². The van der Waals surface area contributed by atoms with E-state index in [9.17, 15) is 4.79 Å². The fraction of sp³-hybridized carbons (Fsp3) is 0.615. The third-order valence-corrected chi connectivity index (χ3v) is 3.08. The van der Waals surface area contributed by atoms with Gasteiger partial charge in [0.25, 0.3) is 0 Å². The second kappa shape index (κ2) is 4.12. The molecule has 1 aliphatic rings. The molecule has 0 fully saturated rings. The highest BCUT2D eigenvalue weighted by Crippen LogP contribution is 2.38. The van der Waals surface area contributed by atoms with Crippen LogP contribution in [-0.4, -0.2) is 5.78 Å². The Labute approximate surface area is 86.9 Å². The molecule has 1 heteroatoms. The average Bonchev–Trinajstić information content (AvgIpc) is 2.12. The molecule has 1 nitrogen and oxygen atoms in total. The van der Waals surface area contributed by atoms with Gasteiger partial charge in [0, 0.05) is 11.8 Å². The van der Waals surface area contributed by atoms with E-state index in [-0.39, 0.29) is 5.41 Å². The fourth-order valence-corrected chi connectivity index (χ4v) is 2.02. The number of carbonyl (C=O) groups excluding carboxylic acids is 1.